The summed E-state index contributed by atoms with van der Waals surface area (Å²) in [5.41, 5.74) is 0. The van der Waals surface area contributed by atoms with Gasteiger partial charge in [-0.15, -0.1) is 0 Å². The number of nitrogens with two attached hydrogens (primary N) is 1. The van der Waals surface area contributed by atoms with Gasteiger partial charge in [-0.1, -0.05) is 0 Å². The predicted molar refractivity (Wildman–Crippen MR) is 45.0 cm³/mol. The first-order valence-corrected chi connectivity index (χ1v) is 5.45. The molecular formula is C6H12N2O4S. The maximum absolute atomic E-state index is 10.6. The Bertz CT molecular complexity index is 296. The Morgan fingerprint density at radius 1 is 1.62 bits per heavy atom. The lowest BCUT2D eigenvalue weighted by Gasteiger charge is -2.13. The summed E-state index contributed by atoms with van der Waals surface area (Å²) in [6, 6.07) is -0.549. The highest BCUT2D eigenvalue weighted by atomic mass is 32.2. The van der Waals surface area contributed by atoms with Gasteiger partial charge in [0.15, 0.2) is 0 Å². The van der Waals surface area contributed by atoms with E-state index < -0.39 is 22.2 Å². The summed E-state index contributed by atoms with van der Waals surface area (Å²) in [5, 5.41) is 13.2. The minimum atomic E-state index is -3.79. The Morgan fingerprint density at radius 3 is 2.46 bits per heavy atom. The fourth-order valence-electron chi connectivity index (χ4n) is 1.20. The summed E-state index contributed by atoms with van der Waals surface area (Å²) < 4.78 is 23.4. The van der Waals surface area contributed by atoms with Crippen LogP contribution in [0.25, 0.3) is 0 Å². The van der Waals surface area contributed by atoms with Gasteiger partial charge in [0.1, 0.15) is 0 Å². The van der Waals surface area contributed by atoms with Gasteiger partial charge in [-0.2, -0.15) is 13.1 Å². The molecule has 1 unspecified atom stereocenters. The third-order valence-electron chi connectivity index (χ3n) is 1.90. The van der Waals surface area contributed by atoms with Gasteiger partial charge in [0.05, 0.1) is 6.42 Å². The van der Waals surface area contributed by atoms with Crippen molar-refractivity contribution in [2.24, 2.45) is 11.1 Å². The monoisotopic (exact) mass is 208 g/mol. The lowest BCUT2D eigenvalue weighted by atomic mass is 10.1. The second-order valence-electron chi connectivity index (χ2n) is 3.20. The van der Waals surface area contributed by atoms with Gasteiger partial charge in [-0.05, 0) is 18.8 Å². The van der Waals surface area contributed by atoms with Crippen LogP contribution in [0.3, 0.4) is 0 Å². The average molecular weight is 208 g/mol. The Hall–Kier alpha value is -0.660. The van der Waals surface area contributed by atoms with Crippen LogP contribution in [0.1, 0.15) is 19.3 Å². The highest BCUT2D eigenvalue weighted by Gasteiger charge is 2.34. The second-order valence-corrected chi connectivity index (χ2v) is 4.53. The van der Waals surface area contributed by atoms with E-state index in [1.54, 1.807) is 0 Å². The molecule has 0 aromatic heterocycles. The summed E-state index contributed by atoms with van der Waals surface area (Å²) >= 11 is 0. The first-order valence-electron chi connectivity index (χ1n) is 3.90. The molecule has 1 saturated carbocycles. The van der Waals surface area contributed by atoms with Gasteiger partial charge in [-0.25, -0.2) is 5.14 Å². The fourth-order valence-corrected chi connectivity index (χ4v) is 1.90. The lowest BCUT2D eigenvalue weighted by molar-refractivity contribution is -0.137. The Kier molecular flexibility index (Phi) is 2.89. The van der Waals surface area contributed by atoms with E-state index in [0.717, 1.165) is 12.8 Å². The largest absolute Gasteiger partial charge is 0.481 e. The molecule has 0 radical (unpaired) electrons. The van der Waals surface area contributed by atoms with Crippen LogP contribution in [0, 0.1) is 5.92 Å². The topological polar surface area (TPSA) is 109 Å². The van der Waals surface area contributed by atoms with Crippen LogP contribution >= 0.6 is 0 Å². The number of aliphatic carboxylic acids is 1. The normalized spacial score (nSPS) is 19.8. The van der Waals surface area contributed by atoms with Crippen LogP contribution in [0.15, 0.2) is 0 Å². The van der Waals surface area contributed by atoms with Crippen molar-refractivity contribution in [1.29, 1.82) is 0 Å². The molecule has 0 saturated heterocycles. The zero-order valence-electron chi connectivity index (χ0n) is 6.93. The SMILES string of the molecule is NS(=O)(=O)NC(CC(=O)O)C1CC1. The molecule has 0 spiro atoms. The smallest absolute Gasteiger partial charge is 0.304 e. The highest BCUT2D eigenvalue weighted by Crippen LogP contribution is 2.34. The van der Waals surface area contributed by atoms with E-state index in [4.69, 9.17) is 10.2 Å². The molecule has 1 rings (SSSR count). The molecule has 1 aliphatic rings. The molecule has 0 heterocycles. The maximum Gasteiger partial charge on any atom is 0.304 e. The molecule has 7 heteroatoms. The number of rotatable bonds is 5. The molecule has 0 amide bonds. The molecule has 0 aromatic carbocycles. The third-order valence-corrected chi connectivity index (χ3v) is 2.53. The number of carboxylic acid groups (broad SMARTS) is 1. The molecule has 1 atom stereocenters. The van der Waals surface area contributed by atoms with Crippen molar-refractivity contribution in [2.75, 3.05) is 0 Å². The summed E-state index contributed by atoms with van der Waals surface area (Å²) in [4.78, 5) is 10.4. The maximum atomic E-state index is 10.6. The number of nitrogens with one attached hydrogen (secondary N) is 1. The van der Waals surface area contributed by atoms with Gasteiger partial charge in [0, 0.05) is 6.04 Å². The third kappa shape index (κ3) is 4.20. The van der Waals surface area contributed by atoms with E-state index in [2.05, 4.69) is 4.72 Å². The predicted octanol–water partition coefficient (Wildman–Crippen LogP) is -0.967. The molecule has 13 heavy (non-hydrogen) atoms. The molecule has 0 bridgehead atoms. The van der Waals surface area contributed by atoms with E-state index in [-0.39, 0.29) is 12.3 Å². The quantitative estimate of drug-likeness (QED) is 0.540. The van der Waals surface area contributed by atoms with Crippen molar-refractivity contribution in [3.63, 3.8) is 0 Å². The van der Waals surface area contributed by atoms with Gasteiger partial charge < -0.3 is 5.11 Å². The van der Waals surface area contributed by atoms with E-state index in [1.165, 1.54) is 0 Å². The zero-order valence-corrected chi connectivity index (χ0v) is 7.75. The molecule has 0 aromatic rings. The van der Waals surface area contributed by atoms with E-state index in [1.807, 2.05) is 0 Å². The Labute approximate surface area is 76.3 Å². The van der Waals surface area contributed by atoms with Crippen molar-refractivity contribution in [1.82, 2.24) is 4.72 Å². The molecule has 1 fully saturated rings. The van der Waals surface area contributed by atoms with Crippen LogP contribution in [0.2, 0.25) is 0 Å². The summed E-state index contributed by atoms with van der Waals surface area (Å²) in [6.45, 7) is 0. The Balaban J connectivity index is 2.52. The zero-order chi connectivity index (χ0) is 10.1. The number of hydrogen-bond donors (Lipinski definition) is 3. The van der Waals surface area contributed by atoms with Crippen molar-refractivity contribution < 1.29 is 18.3 Å². The molecule has 6 nitrogen and oxygen atoms in total. The second kappa shape index (κ2) is 3.60. The number of hydrogen-bond acceptors (Lipinski definition) is 3. The average Bonchev–Trinajstić information content (AvgIpc) is 2.60. The standard InChI is InChI=1S/C6H12N2O4S/c7-13(11,12)8-5(3-6(9)10)4-1-2-4/h4-5,8H,1-3H2,(H,9,10)(H2,7,11,12). The van der Waals surface area contributed by atoms with Crippen molar-refractivity contribution in [3.8, 4) is 0 Å². The van der Waals surface area contributed by atoms with Crippen LogP contribution < -0.4 is 9.86 Å². The number of carbonyl (C=O) groups is 1. The minimum Gasteiger partial charge on any atom is -0.481 e. The van der Waals surface area contributed by atoms with Gasteiger partial charge in [-0.3, -0.25) is 4.79 Å². The summed E-state index contributed by atoms with van der Waals surface area (Å²) in [6.07, 6.45) is 1.52. The molecule has 4 N–H and O–H groups in total. The van der Waals surface area contributed by atoms with E-state index in [9.17, 15) is 13.2 Å². The van der Waals surface area contributed by atoms with Crippen LogP contribution in [0.5, 0.6) is 0 Å². The Morgan fingerprint density at radius 2 is 2.15 bits per heavy atom. The van der Waals surface area contributed by atoms with Crippen molar-refractivity contribution in [2.45, 2.75) is 25.3 Å². The van der Waals surface area contributed by atoms with Crippen LogP contribution in [-0.2, 0) is 15.0 Å². The van der Waals surface area contributed by atoms with Crippen LogP contribution in [-0.4, -0.2) is 25.5 Å². The lowest BCUT2D eigenvalue weighted by Crippen LogP contribution is -2.41. The molecule has 76 valence electrons. The molecule has 0 aliphatic heterocycles. The molecular weight excluding hydrogens is 196 g/mol. The number of carboxylic acids is 1. The first kappa shape index (κ1) is 10.4. The summed E-state index contributed by atoms with van der Waals surface area (Å²) in [5.74, 6) is -0.887. The minimum absolute atomic E-state index is 0.134. The van der Waals surface area contributed by atoms with Gasteiger partial charge >= 0.3 is 5.97 Å². The fraction of sp³-hybridized carbons (Fsp3) is 0.833. The van der Waals surface area contributed by atoms with Crippen molar-refractivity contribution in [3.05, 3.63) is 0 Å². The molecule has 1 aliphatic carbocycles. The van der Waals surface area contributed by atoms with Crippen LogP contribution in [0.4, 0.5) is 0 Å². The van der Waals surface area contributed by atoms with Gasteiger partial charge in [0.25, 0.3) is 10.2 Å². The van der Waals surface area contributed by atoms with E-state index >= 15 is 0 Å². The highest BCUT2D eigenvalue weighted by molar-refractivity contribution is 7.87. The van der Waals surface area contributed by atoms with Crippen molar-refractivity contribution >= 4 is 16.2 Å². The van der Waals surface area contributed by atoms with E-state index in [0.29, 0.717) is 0 Å². The van der Waals surface area contributed by atoms with Gasteiger partial charge in [0.2, 0.25) is 0 Å². The first-order chi connectivity index (χ1) is 5.88. The summed E-state index contributed by atoms with van der Waals surface area (Å²) in [7, 11) is -3.79.